The van der Waals surface area contributed by atoms with Crippen LogP contribution in [0.15, 0.2) is 12.3 Å². The van der Waals surface area contributed by atoms with E-state index in [0.29, 0.717) is 12.3 Å². The quantitative estimate of drug-likeness (QED) is 0.171. The van der Waals surface area contributed by atoms with Crippen molar-refractivity contribution in [1.29, 1.82) is 0 Å². The molecule has 0 aromatic heterocycles. The summed E-state index contributed by atoms with van der Waals surface area (Å²) < 4.78 is 5.18. The number of carbonyl (C=O) groups excluding carboxylic acids is 1. The minimum atomic E-state index is -0.0545. The first kappa shape index (κ1) is 22.2. The normalized spacial score (nSPS) is 12.7. The Balaban J connectivity index is 4.01. The van der Waals surface area contributed by atoms with Crippen LogP contribution >= 0.6 is 0 Å². The zero-order valence-corrected chi connectivity index (χ0v) is 15.9. The number of hydrogen-bond donors (Lipinski definition) is 0. The molecule has 0 heterocycles. The fourth-order valence-electron chi connectivity index (χ4n) is 2.93. The maximum atomic E-state index is 11.9. The molecule has 0 bridgehead atoms. The first-order valence-electron chi connectivity index (χ1n) is 10.1. The van der Waals surface area contributed by atoms with Gasteiger partial charge in [0, 0.05) is 6.42 Å². The van der Waals surface area contributed by atoms with E-state index in [1.54, 1.807) is 6.26 Å². The molecular formula is C21H40O2. The van der Waals surface area contributed by atoms with Gasteiger partial charge in [-0.2, -0.15) is 0 Å². The third kappa shape index (κ3) is 15.9. The molecule has 0 radical (unpaired) electrons. The van der Waals surface area contributed by atoms with E-state index in [-0.39, 0.29) is 5.97 Å². The summed E-state index contributed by atoms with van der Waals surface area (Å²) in [5, 5.41) is 0. The van der Waals surface area contributed by atoms with Gasteiger partial charge in [0.25, 0.3) is 0 Å². The third-order valence-electron chi connectivity index (χ3n) is 4.42. The molecule has 0 aromatic carbocycles. The number of ether oxygens (including phenoxy) is 1. The van der Waals surface area contributed by atoms with E-state index in [4.69, 9.17) is 4.74 Å². The maximum Gasteiger partial charge on any atom is 0.310 e. The van der Waals surface area contributed by atoms with Gasteiger partial charge in [-0.15, -0.1) is 0 Å². The van der Waals surface area contributed by atoms with Crippen molar-refractivity contribution in [3.05, 3.63) is 12.3 Å². The molecule has 23 heavy (non-hydrogen) atoms. The van der Waals surface area contributed by atoms with Gasteiger partial charge < -0.3 is 4.74 Å². The largest absolute Gasteiger partial charge is 0.435 e. The average Bonchev–Trinajstić information content (AvgIpc) is 2.54. The Bertz CT molecular complexity index is 284. The van der Waals surface area contributed by atoms with Crippen molar-refractivity contribution in [3.8, 4) is 0 Å². The molecule has 1 unspecified atom stereocenters. The van der Waals surface area contributed by atoms with Crippen molar-refractivity contribution in [1.82, 2.24) is 0 Å². The van der Waals surface area contributed by atoms with Gasteiger partial charge in [-0.1, -0.05) is 85.0 Å². The van der Waals surface area contributed by atoms with Crippen LogP contribution in [-0.4, -0.2) is 5.97 Å². The second-order valence-corrected chi connectivity index (χ2v) is 6.75. The number of hydrogen-bond acceptors (Lipinski definition) is 2. The average molecular weight is 325 g/mol. The fourth-order valence-corrected chi connectivity index (χ4v) is 2.93. The van der Waals surface area contributed by atoms with Crippen molar-refractivity contribution in [2.75, 3.05) is 0 Å². The van der Waals surface area contributed by atoms with E-state index in [2.05, 4.69) is 13.8 Å². The van der Waals surface area contributed by atoms with Crippen molar-refractivity contribution in [2.45, 2.75) is 111 Å². The van der Waals surface area contributed by atoms with Crippen LogP contribution in [0.25, 0.3) is 0 Å². The standard InChI is InChI=1S/C21H40O2/c1-4-7-10-12-13-15-17-20(16-14-11-8-5-2)19-21(22)23-18-9-6-3/h9,18,20H,4-8,10-17,19H2,1-3H3. The lowest BCUT2D eigenvalue weighted by molar-refractivity contribution is -0.139. The first-order chi connectivity index (χ1) is 11.2. The molecule has 0 saturated carbocycles. The molecule has 0 aromatic rings. The summed E-state index contributed by atoms with van der Waals surface area (Å²) in [6.07, 6.45) is 20.4. The van der Waals surface area contributed by atoms with E-state index in [9.17, 15) is 4.79 Å². The Morgan fingerprint density at radius 3 is 1.91 bits per heavy atom. The Labute approximate surface area is 145 Å². The SMILES string of the molecule is CCC=COC(=O)CC(CCCCCC)CCCCCCCC. The maximum absolute atomic E-state index is 11.9. The highest BCUT2D eigenvalue weighted by molar-refractivity contribution is 5.70. The Morgan fingerprint density at radius 1 is 0.826 bits per heavy atom. The first-order valence-corrected chi connectivity index (χ1v) is 10.1. The van der Waals surface area contributed by atoms with Gasteiger partial charge in [0.2, 0.25) is 0 Å². The lowest BCUT2D eigenvalue weighted by Gasteiger charge is -2.15. The lowest BCUT2D eigenvalue weighted by Crippen LogP contribution is -2.10. The predicted octanol–water partition coefficient (Wildman–Crippen LogP) is 7.18. The lowest BCUT2D eigenvalue weighted by atomic mass is 9.91. The molecule has 0 spiro atoms. The van der Waals surface area contributed by atoms with Crippen LogP contribution in [0.3, 0.4) is 0 Å². The molecule has 2 nitrogen and oxygen atoms in total. The number of esters is 1. The third-order valence-corrected chi connectivity index (χ3v) is 4.42. The molecule has 0 aliphatic carbocycles. The zero-order chi connectivity index (χ0) is 17.2. The second-order valence-electron chi connectivity index (χ2n) is 6.75. The monoisotopic (exact) mass is 324 g/mol. The molecule has 0 rings (SSSR count). The summed E-state index contributed by atoms with van der Waals surface area (Å²) in [5.41, 5.74) is 0. The molecule has 2 heteroatoms. The minimum absolute atomic E-state index is 0.0545. The smallest absolute Gasteiger partial charge is 0.310 e. The summed E-state index contributed by atoms with van der Waals surface area (Å²) >= 11 is 0. The van der Waals surface area contributed by atoms with E-state index in [1.165, 1.54) is 77.0 Å². The predicted molar refractivity (Wildman–Crippen MR) is 100 cm³/mol. The number of allylic oxidation sites excluding steroid dienone is 1. The van der Waals surface area contributed by atoms with Crippen LogP contribution in [0.4, 0.5) is 0 Å². The van der Waals surface area contributed by atoms with E-state index in [0.717, 1.165) is 6.42 Å². The molecule has 0 fully saturated rings. The molecule has 0 aliphatic rings. The molecule has 136 valence electrons. The van der Waals surface area contributed by atoms with E-state index >= 15 is 0 Å². The van der Waals surface area contributed by atoms with Crippen LogP contribution in [0.1, 0.15) is 111 Å². The van der Waals surface area contributed by atoms with Gasteiger partial charge in [0.15, 0.2) is 0 Å². The van der Waals surface area contributed by atoms with Gasteiger partial charge in [-0.05, 0) is 31.3 Å². The molecule has 0 amide bonds. The van der Waals surface area contributed by atoms with Crippen LogP contribution in [0, 0.1) is 5.92 Å². The fraction of sp³-hybridized carbons (Fsp3) is 0.857. The van der Waals surface area contributed by atoms with Gasteiger partial charge in [-0.3, -0.25) is 4.79 Å². The second kappa shape index (κ2) is 17.6. The van der Waals surface area contributed by atoms with Crippen molar-refractivity contribution in [3.63, 3.8) is 0 Å². The summed E-state index contributed by atoms with van der Waals surface area (Å²) in [7, 11) is 0. The van der Waals surface area contributed by atoms with Crippen LogP contribution in [-0.2, 0) is 9.53 Å². The van der Waals surface area contributed by atoms with Crippen molar-refractivity contribution < 1.29 is 9.53 Å². The Kier molecular flexibility index (Phi) is 17.0. The van der Waals surface area contributed by atoms with E-state index < -0.39 is 0 Å². The molecule has 0 aliphatic heterocycles. The Morgan fingerprint density at radius 2 is 1.35 bits per heavy atom. The molecule has 0 N–H and O–H groups in total. The summed E-state index contributed by atoms with van der Waals surface area (Å²) in [6.45, 7) is 6.54. The van der Waals surface area contributed by atoms with Gasteiger partial charge in [-0.25, -0.2) is 0 Å². The van der Waals surface area contributed by atoms with Crippen molar-refractivity contribution in [2.24, 2.45) is 5.92 Å². The summed E-state index contributed by atoms with van der Waals surface area (Å²) in [6, 6.07) is 0. The number of carbonyl (C=O) groups is 1. The highest BCUT2D eigenvalue weighted by atomic mass is 16.5. The van der Waals surface area contributed by atoms with E-state index in [1.807, 2.05) is 13.0 Å². The van der Waals surface area contributed by atoms with Crippen molar-refractivity contribution >= 4 is 5.97 Å². The van der Waals surface area contributed by atoms with Crippen LogP contribution in [0.2, 0.25) is 0 Å². The minimum Gasteiger partial charge on any atom is -0.435 e. The van der Waals surface area contributed by atoms with Gasteiger partial charge in [0.05, 0.1) is 6.26 Å². The summed E-state index contributed by atoms with van der Waals surface area (Å²) in [4.78, 5) is 11.9. The van der Waals surface area contributed by atoms with Gasteiger partial charge >= 0.3 is 5.97 Å². The number of rotatable bonds is 16. The number of unbranched alkanes of at least 4 members (excludes halogenated alkanes) is 8. The zero-order valence-electron chi connectivity index (χ0n) is 15.9. The van der Waals surface area contributed by atoms with Crippen LogP contribution < -0.4 is 0 Å². The molecular weight excluding hydrogens is 284 g/mol. The van der Waals surface area contributed by atoms with Crippen LogP contribution in [0.5, 0.6) is 0 Å². The summed E-state index contributed by atoms with van der Waals surface area (Å²) in [5.74, 6) is 0.460. The topological polar surface area (TPSA) is 26.3 Å². The Hall–Kier alpha value is -0.790. The van der Waals surface area contributed by atoms with Gasteiger partial charge in [0.1, 0.15) is 0 Å². The highest BCUT2D eigenvalue weighted by Crippen LogP contribution is 2.22. The highest BCUT2D eigenvalue weighted by Gasteiger charge is 2.14. The molecule has 1 atom stereocenters. The molecule has 0 saturated heterocycles.